The maximum atomic E-state index is 6.70. The molecule has 1 atom stereocenters. The fraction of sp³-hybridized carbons (Fsp3) is 0.750. The number of hydrogen-bond donors (Lipinski definition) is 0. The molecule has 1 aromatic carbocycles. The Hall–Kier alpha value is -0.490. The van der Waals surface area contributed by atoms with Crippen LogP contribution in [-0.2, 0) is 11.3 Å². The van der Waals surface area contributed by atoms with E-state index in [4.69, 9.17) is 11.6 Å². The Labute approximate surface area is 162 Å². The Morgan fingerprint density at radius 1 is 0.720 bits per heavy atom. The summed E-state index contributed by atoms with van der Waals surface area (Å²) in [4.78, 5) is -0.215. The molecule has 144 valence electrons. The highest BCUT2D eigenvalue weighted by Gasteiger charge is 2.23. The minimum absolute atomic E-state index is 0.215. The van der Waals surface area contributed by atoms with Crippen LogP contribution in [-0.4, -0.2) is 0 Å². The Balaban J connectivity index is 2.09. The van der Waals surface area contributed by atoms with Crippen LogP contribution in [0.25, 0.3) is 0 Å². The van der Waals surface area contributed by atoms with E-state index >= 15 is 0 Å². The molecule has 1 aromatic rings. The maximum Gasteiger partial charge on any atom is 0.0666 e. The first-order valence-corrected chi connectivity index (χ1v) is 11.3. The Morgan fingerprint density at radius 3 is 1.72 bits per heavy atom. The largest absolute Gasteiger partial charge is 0.114 e. The van der Waals surface area contributed by atoms with Crippen LogP contribution in [0.4, 0.5) is 0 Å². The molecule has 0 nitrogen and oxygen atoms in total. The van der Waals surface area contributed by atoms with Crippen molar-refractivity contribution >= 4 is 11.6 Å². The normalized spacial score (nSPS) is 13.8. The smallest absolute Gasteiger partial charge is 0.0666 e. The van der Waals surface area contributed by atoms with E-state index in [-0.39, 0.29) is 4.87 Å². The van der Waals surface area contributed by atoms with Crippen LogP contribution in [0.2, 0.25) is 0 Å². The van der Waals surface area contributed by atoms with E-state index in [1.165, 1.54) is 94.6 Å². The van der Waals surface area contributed by atoms with Gasteiger partial charge in [0.25, 0.3) is 0 Å². The Kier molecular flexibility index (Phi) is 12.3. The summed E-state index contributed by atoms with van der Waals surface area (Å²) in [7, 11) is 0. The molecule has 0 aliphatic heterocycles. The van der Waals surface area contributed by atoms with E-state index in [1.54, 1.807) is 0 Å². The highest BCUT2D eigenvalue weighted by atomic mass is 35.5. The number of alkyl halides is 1. The minimum atomic E-state index is -0.215. The van der Waals surface area contributed by atoms with E-state index in [0.29, 0.717) is 0 Å². The Bertz CT molecular complexity index is 435. The number of benzene rings is 1. The Morgan fingerprint density at radius 2 is 1.20 bits per heavy atom. The minimum Gasteiger partial charge on any atom is -0.114 e. The third-order valence-corrected chi connectivity index (χ3v) is 6.01. The van der Waals surface area contributed by atoms with Gasteiger partial charge in [-0.05, 0) is 37.3 Å². The average Bonchev–Trinajstić information content (AvgIpc) is 2.63. The molecule has 25 heavy (non-hydrogen) atoms. The molecule has 0 N–H and O–H groups in total. The summed E-state index contributed by atoms with van der Waals surface area (Å²) in [5, 5.41) is 0. The number of unbranched alkanes of at least 4 members (excludes halogenated alkanes) is 11. The van der Waals surface area contributed by atoms with E-state index < -0.39 is 0 Å². The van der Waals surface area contributed by atoms with Gasteiger partial charge in [-0.1, -0.05) is 109 Å². The van der Waals surface area contributed by atoms with Crippen molar-refractivity contribution in [1.29, 1.82) is 0 Å². The first-order valence-electron chi connectivity index (χ1n) is 10.9. The summed E-state index contributed by atoms with van der Waals surface area (Å²) in [6, 6.07) is 8.76. The molecule has 0 amide bonds. The van der Waals surface area contributed by atoms with Gasteiger partial charge in [0.2, 0.25) is 0 Å². The number of rotatable bonds is 15. The molecule has 1 heteroatoms. The fourth-order valence-corrected chi connectivity index (χ4v) is 3.78. The second-order valence-electron chi connectivity index (χ2n) is 7.85. The van der Waals surface area contributed by atoms with Crippen LogP contribution < -0.4 is 0 Å². The van der Waals surface area contributed by atoms with Crippen LogP contribution >= 0.6 is 11.6 Å². The third kappa shape index (κ3) is 9.69. The maximum absolute atomic E-state index is 6.70. The lowest BCUT2D eigenvalue weighted by Crippen LogP contribution is -2.14. The van der Waals surface area contributed by atoms with Gasteiger partial charge in [-0.15, -0.1) is 11.6 Å². The van der Waals surface area contributed by atoms with E-state index in [2.05, 4.69) is 45.0 Å². The third-order valence-electron chi connectivity index (χ3n) is 5.54. The van der Waals surface area contributed by atoms with Gasteiger partial charge >= 0.3 is 0 Å². The van der Waals surface area contributed by atoms with Gasteiger partial charge in [0.1, 0.15) is 0 Å². The first-order chi connectivity index (χ1) is 12.1. The summed E-state index contributed by atoms with van der Waals surface area (Å²) in [5.41, 5.74) is 2.79. The molecule has 0 aliphatic carbocycles. The van der Waals surface area contributed by atoms with Gasteiger partial charge in [-0.3, -0.25) is 0 Å². The topological polar surface area (TPSA) is 0 Å². The lowest BCUT2D eigenvalue weighted by Gasteiger charge is -2.24. The van der Waals surface area contributed by atoms with Crippen molar-refractivity contribution in [3.05, 3.63) is 35.4 Å². The van der Waals surface area contributed by atoms with E-state index in [9.17, 15) is 0 Å². The molecular weight excluding hydrogens is 324 g/mol. The molecule has 0 radical (unpaired) electrons. The number of halogens is 1. The summed E-state index contributed by atoms with van der Waals surface area (Å²) < 4.78 is 0. The van der Waals surface area contributed by atoms with Gasteiger partial charge < -0.3 is 0 Å². The van der Waals surface area contributed by atoms with E-state index in [0.717, 1.165) is 6.42 Å². The zero-order valence-corrected chi connectivity index (χ0v) is 17.8. The van der Waals surface area contributed by atoms with Crippen molar-refractivity contribution in [3.63, 3.8) is 0 Å². The van der Waals surface area contributed by atoms with Crippen molar-refractivity contribution in [2.45, 2.75) is 116 Å². The van der Waals surface area contributed by atoms with Gasteiger partial charge in [-0.25, -0.2) is 0 Å². The predicted molar refractivity (Wildman–Crippen MR) is 115 cm³/mol. The highest BCUT2D eigenvalue weighted by Crippen LogP contribution is 2.34. The second-order valence-corrected chi connectivity index (χ2v) is 8.68. The van der Waals surface area contributed by atoms with Crippen LogP contribution in [0.3, 0.4) is 0 Å². The highest BCUT2D eigenvalue weighted by molar-refractivity contribution is 6.23. The summed E-state index contributed by atoms with van der Waals surface area (Å²) >= 11 is 6.70. The number of aryl methyl sites for hydroxylation is 1. The quantitative estimate of drug-likeness (QED) is 0.215. The first kappa shape index (κ1) is 22.6. The molecule has 0 spiro atoms. The van der Waals surface area contributed by atoms with E-state index in [1.807, 2.05) is 0 Å². The molecule has 0 saturated carbocycles. The lowest BCUT2D eigenvalue weighted by molar-refractivity contribution is 0.543. The summed E-state index contributed by atoms with van der Waals surface area (Å²) in [6.45, 7) is 6.61. The van der Waals surface area contributed by atoms with Crippen LogP contribution in [0.1, 0.15) is 115 Å². The second kappa shape index (κ2) is 13.7. The predicted octanol–water partition coefficient (Wildman–Crippen LogP) is 8.79. The molecule has 0 aliphatic rings. The summed E-state index contributed by atoms with van der Waals surface area (Å²) in [5.74, 6) is 0. The average molecular weight is 365 g/mol. The van der Waals surface area contributed by atoms with Gasteiger partial charge in [0.15, 0.2) is 0 Å². The van der Waals surface area contributed by atoms with Gasteiger partial charge in [0.05, 0.1) is 4.87 Å². The summed E-state index contributed by atoms with van der Waals surface area (Å²) in [6.07, 6.45) is 19.0. The van der Waals surface area contributed by atoms with Crippen LogP contribution in [0.5, 0.6) is 0 Å². The van der Waals surface area contributed by atoms with Crippen molar-refractivity contribution in [2.75, 3.05) is 0 Å². The number of hydrogen-bond acceptors (Lipinski definition) is 0. The van der Waals surface area contributed by atoms with Crippen molar-refractivity contribution < 1.29 is 0 Å². The van der Waals surface area contributed by atoms with Gasteiger partial charge in [-0.2, -0.15) is 0 Å². The lowest BCUT2D eigenvalue weighted by atomic mass is 9.90. The molecule has 0 fully saturated rings. The SMILES string of the molecule is CCCCCCCCCCCCCCc1ccccc1C(C)(Cl)CC. The molecule has 1 unspecified atom stereocenters. The van der Waals surface area contributed by atoms with Crippen LogP contribution in [0.15, 0.2) is 24.3 Å². The molecule has 0 heterocycles. The molecule has 0 saturated heterocycles. The molecular formula is C24H41Cl. The standard InChI is InChI=1S/C24H41Cl/c1-4-6-7-8-9-10-11-12-13-14-15-16-19-22-20-17-18-21-23(22)24(3,25)5-2/h17-18,20-21H,4-16,19H2,1-3H3. The fourth-order valence-electron chi connectivity index (χ4n) is 3.59. The molecule has 0 aromatic heterocycles. The van der Waals surface area contributed by atoms with Crippen molar-refractivity contribution in [2.24, 2.45) is 0 Å². The van der Waals surface area contributed by atoms with Gasteiger partial charge in [0, 0.05) is 0 Å². The monoisotopic (exact) mass is 364 g/mol. The van der Waals surface area contributed by atoms with Crippen molar-refractivity contribution in [1.82, 2.24) is 0 Å². The molecule has 1 rings (SSSR count). The zero-order chi connectivity index (χ0) is 18.4. The van der Waals surface area contributed by atoms with Crippen molar-refractivity contribution in [3.8, 4) is 0 Å². The molecule has 0 bridgehead atoms. The van der Waals surface area contributed by atoms with Crippen LogP contribution in [0, 0.1) is 0 Å². The zero-order valence-electron chi connectivity index (χ0n) is 17.1.